The second-order valence-electron chi connectivity index (χ2n) is 4.90. The Morgan fingerprint density at radius 1 is 1.43 bits per heavy atom. The fourth-order valence-electron chi connectivity index (χ4n) is 1.92. The minimum atomic E-state index is -3.43. The van der Waals surface area contributed by atoms with Crippen molar-refractivity contribution in [3.8, 4) is 5.88 Å². The van der Waals surface area contributed by atoms with E-state index >= 15 is 0 Å². The molecular formula is C13H21N3O4S. The molecule has 0 aliphatic carbocycles. The van der Waals surface area contributed by atoms with Gasteiger partial charge in [0.25, 0.3) is 0 Å². The van der Waals surface area contributed by atoms with E-state index in [9.17, 15) is 13.2 Å². The van der Waals surface area contributed by atoms with Gasteiger partial charge in [0.2, 0.25) is 21.8 Å². The summed E-state index contributed by atoms with van der Waals surface area (Å²) in [6, 6.07) is 1.05. The molecule has 21 heavy (non-hydrogen) atoms. The molecule has 2 N–H and O–H groups in total. The van der Waals surface area contributed by atoms with E-state index in [1.54, 1.807) is 0 Å². The summed E-state index contributed by atoms with van der Waals surface area (Å²) in [5, 5.41) is 2.67. The van der Waals surface area contributed by atoms with Crippen molar-refractivity contribution in [3.63, 3.8) is 0 Å². The fourth-order valence-corrected chi connectivity index (χ4v) is 2.67. The van der Waals surface area contributed by atoms with Crippen molar-refractivity contribution < 1.29 is 17.9 Å². The molecule has 118 valence electrons. The van der Waals surface area contributed by atoms with Gasteiger partial charge in [-0.15, -0.1) is 0 Å². The number of carbonyl (C=O) groups is 1. The molecule has 1 aromatic rings. The monoisotopic (exact) mass is 315 g/mol. The molecule has 0 saturated carbocycles. The maximum Gasteiger partial charge on any atom is 0.238 e. The fraction of sp³-hybridized carbons (Fsp3) is 0.538. The summed E-state index contributed by atoms with van der Waals surface area (Å²) in [5.74, 6) is 0.0407. The second-order valence-corrected chi connectivity index (χ2v) is 6.68. The van der Waals surface area contributed by atoms with Crippen LogP contribution in [0.3, 0.4) is 0 Å². The summed E-state index contributed by atoms with van der Waals surface area (Å²) in [6.45, 7) is 5.46. The van der Waals surface area contributed by atoms with Gasteiger partial charge in [-0.3, -0.25) is 4.79 Å². The lowest BCUT2D eigenvalue weighted by atomic mass is 10.1. The number of hydrogen-bond donors (Lipinski definition) is 2. The van der Waals surface area contributed by atoms with Crippen molar-refractivity contribution in [1.29, 1.82) is 0 Å². The zero-order valence-electron chi connectivity index (χ0n) is 12.9. The normalized spacial score (nSPS) is 12.8. The Morgan fingerprint density at radius 2 is 2.05 bits per heavy atom. The third-order valence-electron chi connectivity index (χ3n) is 2.85. The van der Waals surface area contributed by atoms with Gasteiger partial charge in [0.1, 0.15) is 0 Å². The Morgan fingerprint density at radius 3 is 2.57 bits per heavy atom. The molecule has 0 saturated heterocycles. The van der Waals surface area contributed by atoms with Crippen LogP contribution < -0.4 is 14.8 Å². The highest BCUT2D eigenvalue weighted by Gasteiger charge is 2.18. The highest BCUT2D eigenvalue weighted by molar-refractivity contribution is 7.88. The summed E-state index contributed by atoms with van der Waals surface area (Å²) in [5.41, 5.74) is 2.54. The first-order chi connectivity index (χ1) is 9.64. The first-order valence-corrected chi connectivity index (χ1v) is 8.29. The molecule has 1 amide bonds. The van der Waals surface area contributed by atoms with Gasteiger partial charge < -0.3 is 10.1 Å². The molecule has 8 heteroatoms. The van der Waals surface area contributed by atoms with Gasteiger partial charge in [-0.2, -0.15) is 0 Å². The molecule has 0 aromatic carbocycles. The van der Waals surface area contributed by atoms with E-state index in [4.69, 9.17) is 4.74 Å². The second kappa shape index (κ2) is 6.86. The molecule has 0 aliphatic rings. The van der Waals surface area contributed by atoms with Crippen LogP contribution >= 0.6 is 0 Å². The number of ether oxygens (including phenoxy) is 1. The van der Waals surface area contributed by atoms with Crippen LogP contribution in [0.1, 0.15) is 23.7 Å². The van der Waals surface area contributed by atoms with Crippen molar-refractivity contribution in [2.75, 3.05) is 13.4 Å². The van der Waals surface area contributed by atoms with Crippen LogP contribution in [0.4, 0.5) is 0 Å². The standard InChI is InChI=1S/C13H21N3O4S/c1-8-6-9(2)15-13(20-4)11(8)7-14-12(17)10(3)16-21(5,18)19/h6,10,16H,7H2,1-5H3,(H,14,17). The Kier molecular flexibility index (Phi) is 5.68. The van der Waals surface area contributed by atoms with Crippen molar-refractivity contribution >= 4 is 15.9 Å². The Bertz CT molecular complexity index is 629. The van der Waals surface area contributed by atoms with Gasteiger partial charge in [-0.1, -0.05) is 0 Å². The molecule has 0 aliphatic heterocycles. The topological polar surface area (TPSA) is 97.4 Å². The van der Waals surface area contributed by atoms with E-state index < -0.39 is 22.0 Å². The zero-order valence-corrected chi connectivity index (χ0v) is 13.7. The highest BCUT2D eigenvalue weighted by atomic mass is 32.2. The maximum atomic E-state index is 11.9. The van der Waals surface area contributed by atoms with E-state index in [0.717, 1.165) is 23.1 Å². The molecule has 1 heterocycles. The summed E-state index contributed by atoms with van der Waals surface area (Å²) >= 11 is 0. The third kappa shape index (κ3) is 5.31. The smallest absolute Gasteiger partial charge is 0.238 e. The average Bonchev–Trinajstić information content (AvgIpc) is 2.34. The number of carbonyl (C=O) groups excluding carboxylic acids is 1. The lowest BCUT2D eigenvalue weighted by molar-refractivity contribution is -0.122. The highest BCUT2D eigenvalue weighted by Crippen LogP contribution is 2.20. The lowest BCUT2D eigenvalue weighted by Gasteiger charge is -2.15. The number of methoxy groups -OCH3 is 1. The molecule has 1 rings (SSSR count). The van der Waals surface area contributed by atoms with Crippen LogP contribution in [0.25, 0.3) is 0 Å². The molecule has 1 atom stereocenters. The predicted octanol–water partition coefficient (Wildman–Crippen LogP) is 0.261. The number of aromatic nitrogens is 1. The zero-order chi connectivity index (χ0) is 16.2. The number of nitrogens with zero attached hydrogens (tertiary/aromatic N) is 1. The SMILES string of the molecule is COc1nc(C)cc(C)c1CNC(=O)C(C)NS(C)(=O)=O. The summed E-state index contributed by atoms with van der Waals surface area (Å²) < 4.78 is 29.6. The number of sulfonamides is 1. The Balaban J connectivity index is 2.78. The number of pyridine rings is 1. The predicted molar refractivity (Wildman–Crippen MR) is 79.6 cm³/mol. The van der Waals surface area contributed by atoms with Crippen LogP contribution in [0.2, 0.25) is 0 Å². The minimum Gasteiger partial charge on any atom is -0.481 e. The van der Waals surface area contributed by atoms with Gasteiger partial charge >= 0.3 is 0 Å². The van der Waals surface area contributed by atoms with Crippen molar-refractivity contribution in [1.82, 2.24) is 15.0 Å². The number of aryl methyl sites for hydroxylation is 2. The first-order valence-electron chi connectivity index (χ1n) is 6.40. The van der Waals surface area contributed by atoms with Crippen LogP contribution in [-0.4, -0.2) is 38.7 Å². The van der Waals surface area contributed by atoms with Crippen molar-refractivity contribution in [3.05, 3.63) is 22.9 Å². The van der Waals surface area contributed by atoms with Crippen LogP contribution in [0.5, 0.6) is 5.88 Å². The third-order valence-corrected chi connectivity index (χ3v) is 3.64. The number of rotatable bonds is 6. The number of amides is 1. The first kappa shape index (κ1) is 17.4. The van der Waals surface area contributed by atoms with E-state index in [-0.39, 0.29) is 6.54 Å². The van der Waals surface area contributed by atoms with Gasteiger partial charge in [-0.25, -0.2) is 18.1 Å². The average molecular weight is 315 g/mol. The van der Waals surface area contributed by atoms with Crippen LogP contribution in [0.15, 0.2) is 6.07 Å². The van der Waals surface area contributed by atoms with E-state index in [0.29, 0.717) is 5.88 Å². The lowest BCUT2D eigenvalue weighted by Crippen LogP contribution is -2.44. The molecule has 0 bridgehead atoms. The van der Waals surface area contributed by atoms with E-state index in [1.807, 2.05) is 19.9 Å². The summed E-state index contributed by atoms with van der Waals surface area (Å²) in [6.07, 6.45) is 1.01. The molecular weight excluding hydrogens is 294 g/mol. The van der Waals surface area contributed by atoms with Gasteiger partial charge in [0.05, 0.1) is 19.4 Å². The largest absolute Gasteiger partial charge is 0.481 e. The Labute approximate surface area is 125 Å². The van der Waals surface area contributed by atoms with Crippen molar-refractivity contribution in [2.45, 2.75) is 33.4 Å². The van der Waals surface area contributed by atoms with Crippen LogP contribution in [-0.2, 0) is 21.4 Å². The van der Waals surface area contributed by atoms with Gasteiger partial charge in [0.15, 0.2) is 0 Å². The van der Waals surface area contributed by atoms with Gasteiger partial charge in [0, 0.05) is 17.8 Å². The molecule has 0 fully saturated rings. The molecule has 1 aromatic heterocycles. The number of nitrogens with one attached hydrogen (secondary N) is 2. The van der Waals surface area contributed by atoms with E-state index in [2.05, 4.69) is 15.0 Å². The summed E-state index contributed by atoms with van der Waals surface area (Å²) in [4.78, 5) is 16.1. The summed E-state index contributed by atoms with van der Waals surface area (Å²) in [7, 11) is -1.91. The molecule has 7 nitrogen and oxygen atoms in total. The molecule has 0 radical (unpaired) electrons. The van der Waals surface area contributed by atoms with Gasteiger partial charge in [-0.05, 0) is 32.4 Å². The quantitative estimate of drug-likeness (QED) is 0.785. The number of hydrogen-bond acceptors (Lipinski definition) is 5. The maximum absolute atomic E-state index is 11.9. The van der Waals surface area contributed by atoms with E-state index in [1.165, 1.54) is 14.0 Å². The van der Waals surface area contributed by atoms with Crippen molar-refractivity contribution in [2.24, 2.45) is 0 Å². The Hall–Kier alpha value is -1.67. The van der Waals surface area contributed by atoms with Crippen LogP contribution in [0, 0.1) is 13.8 Å². The molecule has 1 unspecified atom stereocenters. The minimum absolute atomic E-state index is 0.219. The molecule has 0 spiro atoms.